The summed E-state index contributed by atoms with van der Waals surface area (Å²) in [7, 11) is 0. The van der Waals surface area contributed by atoms with Crippen LogP contribution in [0, 0.1) is 0 Å². The summed E-state index contributed by atoms with van der Waals surface area (Å²) in [6.07, 6.45) is -1.59. The van der Waals surface area contributed by atoms with Crippen LogP contribution in [0.15, 0.2) is 53.7 Å². The number of aliphatic imine (C=N–C) groups is 1. The van der Waals surface area contributed by atoms with Gasteiger partial charge in [-0.1, -0.05) is 23.7 Å². The molecule has 0 bridgehead atoms. The summed E-state index contributed by atoms with van der Waals surface area (Å²) in [6.45, 7) is 1.05. The number of hydrogen-bond donors (Lipinski definition) is 1. The highest BCUT2D eigenvalue weighted by molar-refractivity contribution is 6.31. The van der Waals surface area contributed by atoms with Crippen molar-refractivity contribution in [1.82, 2.24) is 10.0 Å². The van der Waals surface area contributed by atoms with Gasteiger partial charge in [-0.25, -0.2) is 4.99 Å². The van der Waals surface area contributed by atoms with Crippen molar-refractivity contribution < 1.29 is 22.7 Å². The summed E-state index contributed by atoms with van der Waals surface area (Å²) in [4.78, 5) is 13.3. The average molecular weight is 424 g/mol. The molecular weight excluding hydrogens is 407 g/mol. The van der Waals surface area contributed by atoms with E-state index in [0.717, 1.165) is 28.5 Å². The minimum absolute atomic E-state index is 0.254. The molecule has 2 aromatic carbocycles. The predicted molar refractivity (Wildman–Crippen MR) is 104 cm³/mol. The maximum absolute atomic E-state index is 12.2. The maximum atomic E-state index is 12.2. The summed E-state index contributed by atoms with van der Waals surface area (Å²) in [5.41, 5.74) is 2.95. The molecule has 0 unspecified atom stereocenters. The number of aromatic amines is 1. The Morgan fingerprint density at radius 1 is 1.17 bits per heavy atom. The molecule has 152 valence electrons. The number of fused-ring (bicyclic) bond motifs is 1. The van der Waals surface area contributed by atoms with Gasteiger partial charge in [-0.05, 0) is 47.9 Å². The highest BCUT2D eigenvalue weighted by Gasteiger charge is 2.31. The molecule has 3 aromatic rings. The molecule has 0 fully saturated rings. The summed E-state index contributed by atoms with van der Waals surface area (Å²) < 4.78 is 40.5. The Balaban J connectivity index is 1.29. The molecule has 4 rings (SSSR count). The maximum Gasteiger partial charge on any atom is 0.573 e. The van der Waals surface area contributed by atoms with E-state index in [2.05, 4.69) is 14.7 Å². The summed E-state index contributed by atoms with van der Waals surface area (Å²) in [6, 6.07) is 11.4. The molecule has 0 saturated heterocycles. The molecule has 1 N–H and O–H groups in total. The fraction of sp³-hybridized carbons (Fsp3) is 0.250. The first-order valence-corrected chi connectivity index (χ1v) is 9.30. The summed E-state index contributed by atoms with van der Waals surface area (Å²) in [5, 5.41) is 3.52. The molecule has 1 aliphatic heterocycles. The van der Waals surface area contributed by atoms with Crippen LogP contribution in [0.3, 0.4) is 0 Å². The second-order valence-electron chi connectivity index (χ2n) is 6.61. The summed E-state index contributed by atoms with van der Waals surface area (Å²) in [5.74, 6) is 0.271. The average Bonchev–Trinajstić information content (AvgIpc) is 3.27. The number of ether oxygens (including phenoxy) is 1. The van der Waals surface area contributed by atoms with Crippen molar-refractivity contribution in [1.29, 1.82) is 0 Å². The van der Waals surface area contributed by atoms with Crippen molar-refractivity contribution in [2.24, 2.45) is 4.99 Å². The minimum Gasteiger partial charge on any atom is -0.406 e. The first-order valence-electron chi connectivity index (χ1n) is 8.92. The van der Waals surface area contributed by atoms with E-state index in [1.165, 1.54) is 12.1 Å². The van der Waals surface area contributed by atoms with Gasteiger partial charge in [0, 0.05) is 28.7 Å². The van der Waals surface area contributed by atoms with Gasteiger partial charge in [-0.3, -0.25) is 0 Å². The Bertz CT molecular complexity index is 1030. The smallest absolute Gasteiger partial charge is 0.406 e. The number of rotatable bonds is 6. The molecule has 0 amide bonds. The predicted octanol–water partition coefficient (Wildman–Crippen LogP) is 5.11. The number of aromatic nitrogens is 1. The van der Waals surface area contributed by atoms with Gasteiger partial charge in [-0.15, -0.1) is 18.2 Å². The molecule has 0 radical (unpaired) electrons. The highest BCUT2D eigenvalue weighted by atomic mass is 35.5. The van der Waals surface area contributed by atoms with Crippen LogP contribution >= 0.6 is 11.6 Å². The van der Waals surface area contributed by atoms with Crippen molar-refractivity contribution in [2.45, 2.75) is 19.2 Å². The van der Waals surface area contributed by atoms with Crippen LogP contribution in [-0.4, -0.2) is 35.5 Å². The van der Waals surface area contributed by atoms with Crippen LogP contribution in [0.5, 0.6) is 5.75 Å². The lowest BCUT2D eigenvalue weighted by Crippen LogP contribution is -2.24. The quantitative estimate of drug-likeness (QED) is 0.599. The van der Waals surface area contributed by atoms with Gasteiger partial charge in [-0.2, -0.15) is 0 Å². The van der Waals surface area contributed by atoms with Crippen LogP contribution in [0.2, 0.25) is 5.02 Å². The molecule has 0 atom stereocenters. The molecule has 1 aromatic heterocycles. The monoisotopic (exact) mass is 423 g/mol. The van der Waals surface area contributed by atoms with E-state index in [1.807, 2.05) is 24.4 Å². The van der Waals surface area contributed by atoms with Gasteiger partial charge in [0.1, 0.15) is 12.4 Å². The fourth-order valence-corrected chi connectivity index (χ4v) is 3.33. The van der Waals surface area contributed by atoms with Crippen molar-refractivity contribution in [3.63, 3.8) is 0 Å². The molecule has 0 aliphatic carbocycles. The largest absolute Gasteiger partial charge is 0.573 e. The number of nitrogens with one attached hydrogen (secondary N) is 1. The molecule has 1 aliphatic rings. The van der Waals surface area contributed by atoms with Crippen LogP contribution in [-0.2, 0) is 17.7 Å². The van der Waals surface area contributed by atoms with Crippen LogP contribution < -0.4 is 4.74 Å². The lowest BCUT2D eigenvalue weighted by molar-refractivity contribution is -0.274. The van der Waals surface area contributed by atoms with Crippen LogP contribution in [0.4, 0.5) is 13.2 Å². The van der Waals surface area contributed by atoms with Crippen molar-refractivity contribution in [3.8, 4) is 5.75 Å². The van der Waals surface area contributed by atoms with Crippen LogP contribution in [0.25, 0.3) is 10.9 Å². The van der Waals surface area contributed by atoms with Gasteiger partial charge >= 0.3 is 6.36 Å². The van der Waals surface area contributed by atoms with Crippen molar-refractivity contribution in [2.75, 3.05) is 13.2 Å². The number of benzene rings is 2. The minimum atomic E-state index is -4.70. The lowest BCUT2D eigenvalue weighted by Gasteiger charge is -2.14. The third-order valence-corrected chi connectivity index (χ3v) is 4.75. The zero-order valence-electron chi connectivity index (χ0n) is 15.2. The van der Waals surface area contributed by atoms with E-state index < -0.39 is 6.36 Å². The number of H-pyrrole nitrogens is 1. The molecular formula is C20H17ClF3N3O2. The number of halogens is 4. The standard InChI is InChI=1S/C20H17ClF3N3O2/c21-15-3-6-18-17(10-15)14(11-25-18)7-8-27-12-26-19(29-27)9-13-1-4-16(5-2-13)28-20(22,23)24/h1-6,10-11,25H,7-9,12H2. The molecule has 5 nitrogen and oxygen atoms in total. The van der Waals surface area contributed by atoms with Crippen molar-refractivity contribution >= 4 is 28.4 Å². The molecule has 0 saturated carbocycles. The van der Waals surface area contributed by atoms with Crippen LogP contribution in [0.1, 0.15) is 11.1 Å². The zero-order chi connectivity index (χ0) is 20.4. The third kappa shape index (κ3) is 5.02. The van der Waals surface area contributed by atoms with E-state index in [-0.39, 0.29) is 5.75 Å². The second kappa shape index (κ2) is 7.96. The van der Waals surface area contributed by atoms with E-state index in [0.29, 0.717) is 30.6 Å². The van der Waals surface area contributed by atoms with Gasteiger partial charge in [0.25, 0.3) is 0 Å². The Hall–Kier alpha value is -2.71. The Morgan fingerprint density at radius 2 is 1.97 bits per heavy atom. The molecule has 2 heterocycles. The number of nitrogens with zero attached hydrogens (tertiary/aromatic N) is 2. The number of hydrogen-bond acceptors (Lipinski definition) is 4. The first-order chi connectivity index (χ1) is 13.9. The van der Waals surface area contributed by atoms with Gasteiger partial charge in [0.15, 0.2) is 0 Å². The fourth-order valence-electron chi connectivity index (χ4n) is 3.16. The lowest BCUT2D eigenvalue weighted by atomic mass is 10.1. The molecule has 9 heteroatoms. The normalized spacial score (nSPS) is 14.8. The topological polar surface area (TPSA) is 49.8 Å². The third-order valence-electron chi connectivity index (χ3n) is 4.51. The van der Waals surface area contributed by atoms with Gasteiger partial charge in [0.2, 0.25) is 5.90 Å². The van der Waals surface area contributed by atoms with E-state index >= 15 is 0 Å². The highest BCUT2D eigenvalue weighted by Crippen LogP contribution is 2.24. The van der Waals surface area contributed by atoms with Gasteiger partial charge < -0.3 is 14.6 Å². The molecule has 0 spiro atoms. The van der Waals surface area contributed by atoms with E-state index in [4.69, 9.17) is 16.4 Å². The molecule has 29 heavy (non-hydrogen) atoms. The van der Waals surface area contributed by atoms with E-state index in [9.17, 15) is 13.2 Å². The SMILES string of the molecule is FC(F)(F)Oc1ccc(CC2=NCN(CCc3c[nH]c4ccc(Cl)cc34)O2)cc1. The number of alkyl halides is 3. The first kappa shape index (κ1) is 19.6. The van der Waals surface area contributed by atoms with E-state index in [1.54, 1.807) is 17.2 Å². The Kier molecular flexibility index (Phi) is 5.38. The van der Waals surface area contributed by atoms with Gasteiger partial charge in [0.05, 0.1) is 6.42 Å². The Morgan fingerprint density at radius 3 is 2.72 bits per heavy atom. The zero-order valence-corrected chi connectivity index (χ0v) is 15.9. The second-order valence-corrected chi connectivity index (χ2v) is 7.05. The number of hydroxylamine groups is 2. The summed E-state index contributed by atoms with van der Waals surface area (Å²) >= 11 is 6.08. The Labute approximate surface area is 169 Å². The van der Waals surface area contributed by atoms with Crippen molar-refractivity contribution in [3.05, 3.63) is 64.8 Å².